The molecule has 7 rings (SSSR count). The van der Waals surface area contributed by atoms with Gasteiger partial charge in [0.1, 0.15) is 29.7 Å². The summed E-state index contributed by atoms with van der Waals surface area (Å²) in [7, 11) is 0. The van der Waals surface area contributed by atoms with E-state index in [-0.39, 0.29) is 43.6 Å². The van der Waals surface area contributed by atoms with Gasteiger partial charge in [0.05, 0.1) is 52.2 Å². The van der Waals surface area contributed by atoms with Gasteiger partial charge < -0.3 is 44.8 Å². The van der Waals surface area contributed by atoms with Gasteiger partial charge in [0.2, 0.25) is 0 Å². The third-order valence-electron chi connectivity index (χ3n) is 11.9. The van der Waals surface area contributed by atoms with Crippen LogP contribution in [0.3, 0.4) is 0 Å². The number of aliphatic hydroxyl groups excluding tert-OH is 3. The second kappa shape index (κ2) is 16.5. The van der Waals surface area contributed by atoms with Crippen LogP contribution in [-0.4, -0.2) is 82.1 Å². The van der Waals surface area contributed by atoms with Gasteiger partial charge in [-0.05, 0) is 66.6 Å². The SMILES string of the molecule is CC(NC[C@H](O)c1ccc(O)c(CO)c1)c1ccc(OCCC[N+]23CCC(CC2)[C@@H](OCC(O)(c2ccccc2)C2CCCC2)C3)c(CO)c1. The van der Waals surface area contributed by atoms with Crippen molar-refractivity contribution in [1.29, 1.82) is 0 Å². The third-order valence-corrected chi connectivity index (χ3v) is 11.9. The van der Waals surface area contributed by atoms with Crippen molar-refractivity contribution in [3.05, 3.63) is 94.5 Å². The number of rotatable bonds is 17. The lowest BCUT2D eigenvalue weighted by atomic mass is 9.80. The van der Waals surface area contributed by atoms with Crippen molar-refractivity contribution in [1.82, 2.24) is 5.32 Å². The van der Waals surface area contributed by atoms with Crippen LogP contribution in [0.25, 0.3) is 0 Å². The highest BCUT2D eigenvalue weighted by Gasteiger charge is 2.48. The minimum atomic E-state index is -0.934. The summed E-state index contributed by atoms with van der Waals surface area (Å²) in [6.07, 6.45) is 7.05. The first kappa shape index (κ1) is 36.8. The molecule has 2 bridgehead atoms. The van der Waals surface area contributed by atoms with E-state index in [1.54, 1.807) is 12.1 Å². The number of fused-ring (bicyclic) bond motifs is 3. The summed E-state index contributed by atoms with van der Waals surface area (Å²) in [4.78, 5) is 0. The van der Waals surface area contributed by atoms with Crippen molar-refractivity contribution in [3.8, 4) is 11.5 Å². The van der Waals surface area contributed by atoms with E-state index in [1.807, 2.05) is 43.3 Å². The van der Waals surface area contributed by atoms with Crippen molar-refractivity contribution in [3.63, 3.8) is 0 Å². The zero-order chi connectivity index (χ0) is 35.1. The van der Waals surface area contributed by atoms with Gasteiger partial charge in [0.15, 0.2) is 0 Å². The summed E-state index contributed by atoms with van der Waals surface area (Å²) in [5, 5.41) is 55.5. The maximum absolute atomic E-state index is 12.0. The molecule has 9 heteroatoms. The molecule has 0 aromatic heterocycles. The second-order valence-corrected chi connectivity index (χ2v) is 15.1. The summed E-state index contributed by atoms with van der Waals surface area (Å²) in [5.41, 5.74) is 2.75. The highest BCUT2D eigenvalue weighted by atomic mass is 16.5. The Morgan fingerprint density at radius 3 is 2.32 bits per heavy atom. The smallest absolute Gasteiger partial charge is 0.124 e. The second-order valence-electron chi connectivity index (χ2n) is 15.1. The first-order chi connectivity index (χ1) is 24.2. The van der Waals surface area contributed by atoms with Gasteiger partial charge >= 0.3 is 0 Å². The third kappa shape index (κ3) is 8.37. The Morgan fingerprint density at radius 2 is 1.60 bits per heavy atom. The Balaban J connectivity index is 0.990. The van der Waals surface area contributed by atoms with Crippen LogP contribution in [0.4, 0.5) is 0 Å². The lowest BCUT2D eigenvalue weighted by molar-refractivity contribution is -0.946. The molecule has 3 aliphatic heterocycles. The fourth-order valence-electron chi connectivity index (χ4n) is 8.70. The Kier molecular flexibility index (Phi) is 12.2. The number of hydrogen-bond acceptors (Lipinski definition) is 8. The van der Waals surface area contributed by atoms with Crippen LogP contribution in [0.15, 0.2) is 66.7 Å². The molecule has 1 saturated carbocycles. The zero-order valence-electron chi connectivity index (χ0n) is 29.6. The largest absolute Gasteiger partial charge is 0.508 e. The molecule has 4 atom stereocenters. The average Bonchev–Trinajstić information content (AvgIpc) is 3.72. The molecule has 3 saturated heterocycles. The topological polar surface area (TPSA) is 132 Å². The molecular weight excluding hydrogens is 632 g/mol. The molecule has 4 aliphatic rings. The molecule has 50 heavy (non-hydrogen) atoms. The summed E-state index contributed by atoms with van der Waals surface area (Å²) >= 11 is 0. The van der Waals surface area contributed by atoms with Crippen LogP contribution in [-0.2, 0) is 23.6 Å². The number of benzene rings is 3. The quantitative estimate of drug-likeness (QED) is 0.0839. The van der Waals surface area contributed by atoms with Crippen LogP contribution in [0.2, 0.25) is 0 Å². The van der Waals surface area contributed by atoms with E-state index in [2.05, 4.69) is 17.4 Å². The van der Waals surface area contributed by atoms with Crippen molar-refractivity contribution < 1.29 is 39.5 Å². The number of piperidine rings is 3. The number of aliphatic hydroxyl groups is 4. The minimum Gasteiger partial charge on any atom is -0.508 e. The molecule has 6 N–H and O–H groups in total. The average molecular weight is 690 g/mol. The first-order valence-corrected chi connectivity index (χ1v) is 18.7. The fraction of sp³-hybridized carbons (Fsp3) is 0.561. The molecule has 2 unspecified atom stereocenters. The summed E-state index contributed by atoms with van der Waals surface area (Å²) < 4.78 is 14.0. The maximum Gasteiger partial charge on any atom is 0.124 e. The minimum absolute atomic E-state index is 0.00507. The first-order valence-electron chi connectivity index (χ1n) is 18.7. The van der Waals surface area contributed by atoms with E-state index in [0.717, 1.165) is 66.4 Å². The number of nitrogens with zero attached hydrogens (tertiary/aromatic N) is 1. The molecule has 3 aromatic rings. The van der Waals surface area contributed by atoms with Crippen LogP contribution in [0, 0.1) is 11.8 Å². The Morgan fingerprint density at radius 1 is 0.900 bits per heavy atom. The molecule has 1 aliphatic carbocycles. The fourth-order valence-corrected chi connectivity index (χ4v) is 8.70. The molecule has 4 fully saturated rings. The molecule has 0 radical (unpaired) electrons. The zero-order valence-corrected chi connectivity index (χ0v) is 29.6. The Bertz CT molecular complexity index is 1520. The molecule has 3 heterocycles. The number of ether oxygens (including phenoxy) is 2. The van der Waals surface area contributed by atoms with E-state index in [1.165, 1.54) is 32.0 Å². The lowest BCUT2D eigenvalue weighted by Gasteiger charge is -2.53. The van der Waals surface area contributed by atoms with Crippen LogP contribution >= 0.6 is 0 Å². The number of aromatic hydroxyl groups is 1. The van der Waals surface area contributed by atoms with Gasteiger partial charge in [0.25, 0.3) is 0 Å². The van der Waals surface area contributed by atoms with Gasteiger partial charge in [-0.25, -0.2) is 0 Å². The predicted molar refractivity (Wildman–Crippen MR) is 192 cm³/mol. The summed E-state index contributed by atoms with van der Waals surface area (Å²) in [5.74, 6) is 1.50. The van der Waals surface area contributed by atoms with Gasteiger partial charge in [-0.2, -0.15) is 0 Å². The number of nitrogens with one attached hydrogen (secondary N) is 1. The Hall–Kier alpha value is -3.02. The summed E-state index contributed by atoms with van der Waals surface area (Å²) in [6, 6.07) is 20.7. The van der Waals surface area contributed by atoms with Crippen molar-refractivity contribution in [2.24, 2.45) is 11.8 Å². The van der Waals surface area contributed by atoms with Crippen molar-refractivity contribution in [2.45, 2.75) is 88.9 Å². The Labute approximate surface area is 297 Å². The predicted octanol–water partition coefficient (Wildman–Crippen LogP) is 5.23. The highest BCUT2D eigenvalue weighted by Crippen LogP contribution is 2.43. The molecule has 0 amide bonds. The number of quaternary nitrogens is 1. The van der Waals surface area contributed by atoms with Gasteiger partial charge in [0, 0.05) is 48.9 Å². The van der Waals surface area contributed by atoms with Crippen LogP contribution in [0.5, 0.6) is 11.5 Å². The highest BCUT2D eigenvalue weighted by molar-refractivity contribution is 5.39. The number of phenols is 1. The monoisotopic (exact) mass is 689 g/mol. The van der Waals surface area contributed by atoms with Crippen molar-refractivity contribution >= 4 is 0 Å². The van der Waals surface area contributed by atoms with Gasteiger partial charge in [-0.15, -0.1) is 0 Å². The lowest BCUT2D eigenvalue weighted by Crippen LogP contribution is -2.65. The standard InChI is InChI=1S/C41H56N2O7/c1-29(42-24-38(47)32-12-14-37(46)33(23-32)26-44)31-13-15-39(34(22-31)27-45)49-21-7-18-43-19-16-30(17-20-43)40(25-43)50-28-41(48,36-10-5-6-11-36)35-8-3-2-4-9-35/h2-4,8-9,12-15,22-23,29-30,36,38,40,42,44-45,47-48H,5-7,10-11,16-21,24-28H2,1H3/p+1/t29?,30?,38-,40-,41?,43?/m0/s1. The van der Waals surface area contributed by atoms with Gasteiger partial charge in [-0.1, -0.05) is 55.3 Å². The van der Waals surface area contributed by atoms with E-state index in [4.69, 9.17) is 9.47 Å². The maximum atomic E-state index is 12.0. The molecule has 0 spiro atoms. The van der Waals surface area contributed by atoms with E-state index in [0.29, 0.717) is 36.0 Å². The van der Waals surface area contributed by atoms with Crippen LogP contribution < -0.4 is 10.1 Å². The molecule has 9 nitrogen and oxygen atoms in total. The molecule has 3 aromatic carbocycles. The summed E-state index contributed by atoms with van der Waals surface area (Å²) in [6.45, 7) is 7.14. The van der Waals surface area contributed by atoms with Crippen LogP contribution in [0.1, 0.15) is 91.8 Å². The van der Waals surface area contributed by atoms with Crippen molar-refractivity contribution in [2.75, 3.05) is 45.9 Å². The molecule has 272 valence electrons. The van der Waals surface area contributed by atoms with E-state index in [9.17, 15) is 25.5 Å². The number of hydrogen-bond donors (Lipinski definition) is 6. The van der Waals surface area contributed by atoms with Gasteiger partial charge in [-0.3, -0.25) is 0 Å². The van der Waals surface area contributed by atoms with E-state index >= 15 is 0 Å². The van der Waals surface area contributed by atoms with E-state index < -0.39 is 11.7 Å². The normalized spacial score (nSPS) is 24.6. The molecular formula is C41H57N2O7+.